The lowest BCUT2D eigenvalue weighted by Gasteiger charge is -2.09. The van der Waals surface area contributed by atoms with Crippen LogP contribution >= 0.6 is 0 Å². The first kappa shape index (κ1) is 17.9. The number of nitrogens with zero attached hydrogens (tertiary/aromatic N) is 1. The van der Waals surface area contributed by atoms with Gasteiger partial charge in [0.15, 0.2) is 0 Å². The molecule has 0 spiro atoms. The lowest BCUT2D eigenvalue weighted by molar-refractivity contribution is -0.384. The molecule has 2 aromatic carbocycles. The molecule has 0 fully saturated rings. The maximum atomic E-state index is 11.8. The summed E-state index contributed by atoms with van der Waals surface area (Å²) < 4.78 is 0. The Balaban J connectivity index is 1.69. The van der Waals surface area contributed by atoms with Crippen molar-refractivity contribution < 1.29 is 14.5 Å². The average Bonchev–Trinajstić information content (AvgIpc) is 2.64. The molecule has 0 aromatic heterocycles. The number of para-hydroxylation sites is 2. The van der Waals surface area contributed by atoms with Gasteiger partial charge in [0, 0.05) is 24.7 Å². The number of hydrogen-bond acceptors (Lipinski definition) is 5. The zero-order valence-corrected chi connectivity index (χ0v) is 13.4. The number of anilines is 1. The van der Waals surface area contributed by atoms with Crippen LogP contribution in [0.25, 0.3) is 0 Å². The summed E-state index contributed by atoms with van der Waals surface area (Å²) in [6.07, 6.45) is 0. The van der Waals surface area contributed by atoms with Crippen molar-refractivity contribution in [2.75, 3.05) is 25.0 Å². The topological polar surface area (TPSA) is 113 Å². The highest BCUT2D eigenvalue weighted by atomic mass is 16.6. The fraction of sp³-hybridized carbons (Fsp3) is 0.176. The minimum Gasteiger partial charge on any atom is -0.378 e. The van der Waals surface area contributed by atoms with Crippen molar-refractivity contribution >= 4 is 23.2 Å². The molecule has 0 unspecified atom stereocenters. The lowest BCUT2D eigenvalue weighted by atomic mass is 10.2. The van der Waals surface area contributed by atoms with E-state index in [1.165, 1.54) is 6.07 Å². The van der Waals surface area contributed by atoms with Crippen LogP contribution in [0.3, 0.4) is 0 Å². The maximum absolute atomic E-state index is 11.8. The number of nitro groups is 1. The van der Waals surface area contributed by atoms with Crippen LogP contribution in [-0.2, 0) is 4.79 Å². The molecule has 2 amide bonds. The number of rotatable bonds is 8. The summed E-state index contributed by atoms with van der Waals surface area (Å²) in [5.74, 6) is -0.664. The molecule has 0 aliphatic carbocycles. The van der Waals surface area contributed by atoms with Crippen LogP contribution in [0, 0.1) is 10.1 Å². The first-order valence-electron chi connectivity index (χ1n) is 7.65. The molecule has 25 heavy (non-hydrogen) atoms. The number of nitrogens with one attached hydrogen (secondary N) is 3. The molecule has 8 heteroatoms. The molecule has 0 bridgehead atoms. The zero-order chi connectivity index (χ0) is 18.1. The van der Waals surface area contributed by atoms with Gasteiger partial charge in [0.05, 0.1) is 11.5 Å². The van der Waals surface area contributed by atoms with Gasteiger partial charge in [0.2, 0.25) is 5.91 Å². The first-order chi connectivity index (χ1) is 12.1. The smallest absolute Gasteiger partial charge is 0.292 e. The van der Waals surface area contributed by atoms with E-state index in [-0.39, 0.29) is 30.6 Å². The number of carbonyl (C=O) groups excluding carboxylic acids is 2. The van der Waals surface area contributed by atoms with Crippen molar-refractivity contribution in [1.82, 2.24) is 10.6 Å². The zero-order valence-electron chi connectivity index (χ0n) is 13.4. The van der Waals surface area contributed by atoms with Crippen LogP contribution < -0.4 is 16.0 Å². The fourth-order valence-corrected chi connectivity index (χ4v) is 2.10. The molecule has 0 saturated heterocycles. The van der Waals surface area contributed by atoms with E-state index < -0.39 is 4.92 Å². The van der Waals surface area contributed by atoms with Gasteiger partial charge in [0.1, 0.15) is 5.69 Å². The van der Waals surface area contributed by atoms with Crippen molar-refractivity contribution in [2.45, 2.75) is 0 Å². The van der Waals surface area contributed by atoms with E-state index in [4.69, 9.17) is 0 Å². The van der Waals surface area contributed by atoms with E-state index in [0.717, 1.165) is 0 Å². The van der Waals surface area contributed by atoms with Crippen molar-refractivity contribution in [2.24, 2.45) is 0 Å². The predicted molar refractivity (Wildman–Crippen MR) is 93.4 cm³/mol. The first-order valence-corrected chi connectivity index (χ1v) is 7.65. The summed E-state index contributed by atoms with van der Waals surface area (Å²) in [7, 11) is 0. The molecule has 2 aromatic rings. The molecule has 8 nitrogen and oxygen atoms in total. The average molecular weight is 342 g/mol. The highest BCUT2D eigenvalue weighted by Crippen LogP contribution is 2.22. The minimum atomic E-state index is -0.472. The quantitative estimate of drug-likeness (QED) is 0.383. The summed E-state index contributed by atoms with van der Waals surface area (Å²) in [6, 6.07) is 14.9. The molecule has 0 radical (unpaired) electrons. The third-order valence-corrected chi connectivity index (χ3v) is 3.31. The molecule has 0 atom stereocenters. The van der Waals surface area contributed by atoms with Gasteiger partial charge in [-0.05, 0) is 18.2 Å². The Morgan fingerprint density at radius 1 is 0.920 bits per heavy atom. The van der Waals surface area contributed by atoms with E-state index >= 15 is 0 Å². The number of hydrogen-bond donors (Lipinski definition) is 3. The Labute approximate surface area is 144 Å². The van der Waals surface area contributed by atoms with Gasteiger partial charge in [-0.25, -0.2) is 0 Å². The van der Waals surface area contributed by atoms with Crippen LogP contribution in [0.5, 0.6) is 0 Å². The van der Waals surface area contributed by atoms with Crippen molar-refractivity contribution in [3.63, 3.8) is 0 Å². The Morgan fingerprint density at radius 3 is 2.32 bits per heavy atom. The fourth-order valence-electron chi connectivity index (χ4n) is 2.10. The molecular weight excluding hydrogens is 324 g/mol. The third kappa shape index (κ3) is 5.61. The summed E-state index contributed by atoms with van der Waals surface area (Å²) in [6.45, 7) is 0.453. The Morgan fingerprint density at radius 2 is 1.60 bits per heavy atom. The van der Waals surface area contributed by atoms with Gasteiger partial charge in [0.25, 0.3) is 11.6 Å². The standard InChI is InChI=1S/C17H18N4O4/c22-16(12-20-17(23)13-6-2-1-3-7-13)19-11-10-18-14-8-4-5-9-15(14)21(24)25/h1-9,18H,10-12H2,(H,19,22)(H,20,23). The largest absolute Gasteiger partial charge is 0.378 e. The van der Waals surface area contributed by atoms with E-state index in [2.05, 4.69) is 16.0 Å². The van der Waals surface area contributed by atoms with Gasteiger partial charge in [-0.1, -0.05) is 30.3 Å². The van der Waals surface area contributed by atoms with Crippen LogP contribution in [0.2, 0.25) is 0 Å². The molecule has 2 rings (SSSR count). The van der Waals surface area contributed by atoms with Gasteiger partial charge < -0.3 is 16.0 Å². The van der Waals surface area contributed by atoms with Gasteiger partial charge >= 0.3 is 0 Å². The summed E-state index contributed by atoms with van der Waals surface area (Å²) in [5, 5.41) is 18.9. The van der Waals surface area contributed by atoms with Crippen LogP contribution in [0.4, 0.5) is 11.4 Å². The molecular formula is C17H18N4O4. The highest BCUT2D eigenvalue weighted by molar-refractivity contribution is 5.96. The molecule has 0 heterocycles. The molecule has 0 aliphatic heterocycles. The molecule has 130 valence electrons. The Bertz CT molecular complexity index is 749. The minimum absolute atomic E-state index is 0.0241. The van der Waals surface area contributed by atoms with Crippen LogP contribution in [0.15, 0.2) is 54.6 Å². The molecule has 0 aliphatic rings. The number of benzene rings is 2. The number of nitro benzene ring substituents is 1. The predicted octanol–water partition coefficient (Wildman–Crippen LogP) is 1.55. The molecule has 3 N–H and O–H groups in total. The van der Waals surface area contributed by atoms with Gasteiger partial charge in [-0.15, -0.1) is 0 Å². The van der Waals surface area contributed by atoms with Crippen molar-refractivity contribution in [3.05, 3.63) is 70.3 Å². The summed E-state index contributed by atoms with van der Waals surface area (Å²) in [5.41, 5.74) is 0.844. The highest BCUT2D eigenvalue weighted by Gasteiger charge is 2.11. The second-order valence-corrected chi connectivity index (χ2v) is 5.10. The normalized spacial score (nSPS) is 9.92. The van der Waals surface area contributed by atoms with Gasteiger partial charge in [-0.3, -0.25) is 19.7 Å². The van der Waals surface area contributed by atoms with Gasteiger partial charge in [-0.2, -0.15) is 0 Å². The number of carbonyl (C=O) groups is 2. The van der Waals surface area contributed by atoms with Crippen LogP contribution in [-0.4, -0.2) is 36.4 Å². The van der Waals surface area contributed by atoms with E-state index in [1.807, 2.05) is 0 Å². The van der Waals surface area contributed by atoms with Crippen molar-refractivity contribution in [3.8, 4) is 0 Å². The van der Waals surface area contributed by atoms with Crippen LogP contribution in [0.1, 0.15) is 10.4 Å². The second kappa shape index (κ2) is 9.02. The van der Waals surface area contributed by atoms with E-state index in [0.29, 0.717) is 17.8 Å². The van der Waals surface area contributed by atoms with E-state index in [1.54, 1.807) is 48.5 Å². The summed E-state index contributed by atoms with van der Waals surface area (Å²) >= 11 is 0. The summed E-state index contributed by atoms with van der Waals surface area (Å²) in [4.78, 5) is 33.9. The monoisotopic (exact) mass is 342 g/mol. The maximum Gasteiger partial charge on any atom is 0.292 e. The Hall–Kier alpha value is -3.42. The van der Waals surface area contributed by atoms with Crippen molar-refractivity contribution in [1.29, 1.82) is 0 Å². The van der Waals surface area contributed by atoms with E-state index in [9.17, 15) is 19.7 Å². The third-order valence-electron chi connectivity index (χ3n) is 3.31. The lowest BCUT2D eigenvalue weighted by Crippen LogP contribution is -2.38. The SMILES string of the molecule is O=C(CNC(=O)c1ccccc1)NCCNc1ccccc1[N+](=O)[O-]. The molecule has 0 saturated carbocycles. The number of amides is 2. The Kier molecular flexibility index (Phi) is 6.47. The second-order valence-electron chi connectivity index (χ2n) is 5.10.